The van der Waals surface area contributed by atoms with Crippen molar-refractivity contribution >= 4 is 57.0 Å². The Hall–Kier alpha value is -2.07. The van der Waals surface area contributed by atoms with Gasteiger partial charge in [0.2, 0.25) is 0 Å². The first-order chi connectivity index (χ1) is 15.4. The molecule has 0 amide bonds. The Balaban J connectivity index is 1.94. The van der Waals surface area contributed by atoms with Crippen LogP contribution in [0.15, 0.2) is 12.1 Å². The molecule has 1 aliphatic rings. The van der Waals surface area contributed by atoms with Gasteiger partial charge in [0.25, 0.3) is 0 Å². The molecule has 0 fully saturated rings. The van der Waals surface area contributed by atoms with Crippen molar-refractivity contribution in [3.8, 4) is 11.1 Å². The van der Waals surface area contributed by atoms with Crippen molar-refractivity contribution in [3.63, 3.8) is 0 Å². The molecule has 1 aromatic carbocycles. The Labute approximate surface area is 205 Å². The lowest BCUT2D eigenvalue weighted by Crippen LogP contribution is -2.11. The molecule has 170 valence electrons. The van der Waals surface area contributed by atoms with Gasteiger partial charge in [-0.25, -0.2) is 4.79 Å². The van der Waals surface area contributed by atoms with Crippen LogP contribution in [0.2, 0.25) is 5.02 Å². The van der Waals surface area contributed by atoms with E-state index in [1.807, 2.05) is 23.7 Å². The number of esters is 2. The van der Waals surface area contributed by atoms with Gasteiger partial charge in [-0.15, -0.1) is 0 Å². The van der Waals surface area contributed by atoms with Crippen LogP contribution in [-0.2, 0) is 45.1 Å². The van der Waals surface area contributed by atoms with Gasteiger partial charge in [0, 0.05) is 47.2 Å². The number of fused-ring (bicyclic) bond motifs is 2. The molecule has 7 nitrogen and oxygen atoms in total. The SMILES string of the molecule is COC(=O)c1c(CCCOC(C)=O)c2ccc(Cl)c(-c3c(CI)nn4c3CCC4)c2n1C. The van der Waals surface area contributed by atoms with Gasteiger partial charge in [-0.2, -0.15) is 5.10 Å². The quantitative estimate of drug-likeness (QED) is 0.176. The van der Waals surface area contributed by atoms with E-state index in [0.717, 1.165) is 57.1 Å². The monoisotopic (exact) mass is 569 g/mol. The molecule has 4 rings (SSSR count). The van der Waals surface area contributed by atoms with Gasteiger partial charge in [-0.05, 0) is 37.3 Å². The Kier molecular flexibility index (Phi) is 6.80. The minimum absolute atomic E-state index is 0.294. The summed E-state index contributed by atoms with van der Waals surface area (Å²) >= 11 is 9.14. The van der Waals surface area contributed by atoms with Gasteiger partial charge >= 0.3 is 11.9 Å². The fraction of sp³-hybridized carbons (Fsp3) is 0.435. The summed E-state index contributed by atoms with van der Waals surface area (Å²) in [7, 11) is 3.26. The molecule has 32 heavy (non-hydrogen) atoms. The molecule has 0 bridgehead atoms. The van der Waals surface area contributed by atoms with Crippen LogP contribution in [0.1, 0.15) is 47.2 Å². The number of aromatic nitrogens is 3. The average molecular weight is 570 g/mol. The summed E-state index contributed by atoms with van der Waals surface area (Å²) in [4.78, 5) is 23.9. The fourth-order valence-corrected chi connectivity index (χ4v) is 5.46. The van der Waals surface area contributed by atoms with E-state index in [2.05, 4.69) is 27.3 Å². The minimum atomic E-state index is -0.400. The molecular weight excluding hydrogens is 545 g/mol. The largest absolute Gasteiger partial charge is 0.466 e. The van der Waals surface area contributed by atoms with E-state index >= 15 is 0 Å². The van der Waals surface area contributed by atoms with Gasteiger partial charge in [-0.3, -0.25) is 9.48 Å². The first-order valence-electron chi connectivity index (χ1n) is 10.5. The maximum atomic E-state index is 12.8. The number of nitrogens with zero attached hydrogens (tertiary/aromatic N) is 3. The highest BCUT2D eigenvalue weighted by molar-refractivity contribution is 14.1. The maximum absolute atomic E-state index is 12.8. The van der Waals surface area contributed by atoms with Crippen molar-refractivity contribution in [1.82, 2.24) is 14.3 Å². The normalized spacial score (nSPS) is 12.9. The lowest BCUT2D eigenvalue weighted by Gasteiger charge is -2.11. The molecule has 2 aromatic heterocycles. The van der Waals surface area contributed by atoms with Gasteiger partial charge in [-0.1, -0.05) is 40.3 Å². The smallest absolute Gasteiger partial charge is 0.354 e. The van der Waals surface area contributed by atoms with Crippen molar-refractivity contribution < 1.29 is 19.1 Å². The van der Waals surface area contributed by atoms with Crippen molar-refractivity contribution in [2.24, 2.45) is 7.05 Å². The molecule has 0 unspecified atom stereocenters. The number of carbonyl (C=O) groups is 2. The summed E-state index contributed by atoms with van der Waals surface area (Å²) in [6.45, 7) is 2.60. The lowest BCUT2D eigenvalue weighted by molar-refractivity contribution is -0.141. The Morgan fingerprint density at radius 3 is 2.75 bits per heavy atom. The van der Waals surface area contributed by atoms with Crippen LogP contribution in [0, 0.1) is 0 Å². The zero-order valence-corrected chi connectivity index (χ0v) is 21.2. The van der Waals surface area contributed by atoms with E-state index < -0.39 is 5.97 Å². The average Bonchev–Trinajstić information content (AvgIpc) is 3.43. The molecule has 0 atom stereocenters. The highest BCUT2D eigenvalue weighted by atomic mass is 127. The summed E-state index contributed by atoms with van der Waals surface area (Å²) in [6.07, 6.45) is 3.19. The zero-order valence-electron chi connectivity index (χ0n) is 18.3. The standard InChI is InChI=1S/C23H25ClIN3O4/c1-13(29)32-11-5-6-14-15-8-9-16(24)19(21(15)27(2)22(14)23(30)31-3)20-17(12-25)26-28-10-4-7-18(20)28/h8-9H,4-7,10-12H2,1-3H3. The number of alkyl halides is 1. The predicted molar refractivity (Wildman–Crippen MR) is 131 cm³/mol. The Bertz CT molecular complexity index is 1210. The van der Waals surface area contributed by atoms with E-state index in [9.17, 15) is 9.59 Å². The van der Waals surface area contributed by atoms with Crippen LogP contribution in [0.25, 0.3) is 22.0 Å². The third-order valence-corrected chi connectivity index (χ3v) is 6.99. The topological polar surface area (TPSA) is 75.4 Å². The highest BCUT2D eigenvalue weighted by Crippen LogP contribution is 2.43. The first kappa shape index (κ1) is 23.1. The summed E-state index contributed by atoms with van der Waals surface area (Å²) in [5.74, 6) is -0.714. The van der Waals surface area contributed by atoms with E-state index in [4.69, 9.17) is 26.2 Å². The number of methoxy groups -OCH3 is 1. The highest BCUT2D eigenvalue weighted by Gasteiger charge is 2.29. The van der Waals surface area contributed by atoms with Crippen LogP contribution in [0.4, 0.5) is 0 Å². The van der Waals surface area contributed by atoms with Gasteiger partial charge in [0.05, 0.1) is 29.9 Å². The van der Waals surface area contributed by atoms with E-state index in [-0.39, 0.29) is 5.97 Å². The molecule has 0 saturated heterocycles. The van der Waals surface area contributed by atoms with Crippen LogP contribution < -0.4 is 0 Å². The first-order valence-corrected chi connectivity index (χ1v) is 12.5. The molecule has 0 radical (unpaired) electrons. The minimum Gasteiger partial charge on any atom is -0.466 e. The molecular formula is C23H25ClIN3O4. The second-order valence-corrected chi connectivity index (χ2v) is 9.04. The molecule has 3 heterocycles. The molecule has 0 aliphatic carbocycles. The summed E-state index contributed by atoms with van der Waals surface area (Å²) in [6, 6.07) is 3.86. The van der Waals surface area contributed by atoms with E-state index in [1.54, 1.807) is 0 Å². The number of hydrogen-bond acceptors (Lipinski definition) is 5. The second-order valence-electron chi connectivity index (χ2n) is 7.87. The third-order valence-electron chi connectivity index (χ3n) is 5.95. The number of hydrogen-bond donors (Lipinski definition) is 0. The Morgan fingerprint density at radius 1 is 1.28 bits per heavy atom. The van der Waals surface area contributed by atoms with Crippen molar-refractivity contribution in [1.29, 1.82) is 0 Å². The second kappa shape index (κ2) is 9.43. The van der Waals surface area contributed by atoms with Gasteiger partial charge in [0.15, 0.2) is 0 Å². The predicted octanol–water partition coefficient (Wildman–Crippen LogP) is 4.86. The van der Waals surface area contributed by atoms with Crippen LogP contribution in [0.5, 0.6) is 0 Å². The van der Waals surface area contributed by atoms with E-state index in [0.29, 0.717) is 30.2 Å². The van der Waals surface area contributed by atoms with Crippen LogP contribution in [-0.4, -0.2) is 40.0 Å². The summed E-state index contributed by atoms with van der Waals surface area (Å²) < 4.78 is 15.0. The number of rotatable bonds is 7. The van der Waals surface area contributed by atoms with Crippen LogP contribution in [0.3, 0.4) is 0 Å². The van der Waals surface area contributed by atoms with Gasteiger partial charge < -0.3 is 14.0 Å². The summed E-state index contributed by atoms with van der Waals surface area (Å²) in [5.41, 5.74) is 6.46. The molecule has 9 heteroatoms. The number of halogens is 2. The maximum Gasteiger partial charge on any atom is 0.354 e. The number of ether oxygens (including phenoxy) is 2. The molecule has 3 aromatic rings. The fourth-order valence-electron chi connectivity index (χ4n) is 4.68. The third kappa shape index (κ3) is 3.91. The number of benzene rings is 1. The summed E-state index contributed by atoms with van der Waals surface area (Å²) in [5, 5.41) is 6.41. The lowest BCUT2D eigenvalue weighted by atomic mass is 9.97. The zero-order chi connectivity index (χ0) is 23.0. The number of aryl methyl sites for hydroxylation is 3. The number of carbonyl (C=O) groups excluding carboxylic acids is 2. The van der Waals surface area contributed by atoms with Crippen LogP contribution >= 0.6 is 34.2 Å². The Morgan fingerprint density at radius 2 is 2.06 bits per heavy atom. The van der Waals surface area contributed by atoms with Gasteiger partial charge in [0.1, 0.15) is 5.69 Å². The molecule has 0 N–H and O–H groups in total. The van der Waals surface area contributed by atoms with Crippen molar-refractivity contribution in [2.45, 2.75) is 43.6 Å². The van der Waals surface area contributed by atoms with E-state index in [1.165, 1.54) is 19.7 Å². The molecule has 0 spiro atoms. The molecule has 1 aliphatic heterocycles. The van der Waals surface area contributed by atoms with Crippen molar-refractivity contribution in [2.75, 3.05) is 13.7 Å². The molecule has 0 saturated carbocycles. The van der Waals surface area contributed by atoms with Crippen molar-refractivity contribution in [3.05, 3.63) is 39.8 Å².